The monoisotopic (exact) mass is 486 g/mol. The highest BCUT2D eigenvalue weighted by Crippen LogP contribution is 2.39. The van der Waals surface area contributed by atoms with Gasteiger partial charge in [-0.25, -0.2) is 19.2 Å². The number of nitrogens with two attached hydrogens (primary N) is 1. The summed E-state index contributed by atoms with van der Waals surface area (Å²) in [5.41, 5.74) is 10.2. The molecule has 0 radical (unpaired) electrons. The van der Waals surface area contributed by atoms with Gasteiger partial charge in [0.25, 0.3) is 0 Å². The molecule has 1 aliphatic rings. The number of halogens is 2. The van der Waals surface area contributed by atoms with Gasteiger partial charge in [0.15, 0.2) is 0 Å². The highest BCUT2D eigenvalue weighted by atomic mass is 35.5. The number of nitrogens with zero attached hydrogens (tertiary/aromatic N) is 6. The van der Waals surface area contributed by atoms with Gasteiger partial charge in [0.1, 0.15) is 16.6 Å². The Hall–Kier alpha value is -4.00. The lowest BCUT2D eigenvalue weighted by atomic mass is 9.98. The van der Waals surface area contributed by atoms with Crippen molar-refractivity contribution in [2.75, 3.05) is 18.0 Å². The van der Waals surface area contributed by atoms with Crippen LogP contribution in [0.2, 0.25) is 5.15 Å². The molecular formula is C25H20ClFN8. The summed E-state index contributed by atoms with van der Waals surface area (Å²) in [4.78, 5) is 15.2. The first kappa shape index (κ1) is 21.5. The summed E-state index contributed by atoms with van der Waals surface area (Å²) in [6.07, 6.45) is 5.33. The fourth-order valence-electron chi connectivity index (χ4n) is 4.64. The van der Waals surface area contributed by atoms with E-state index in [0.29, 0.717) is 22.1 Å². The topological polar surface area (TPSA) is 92.5 Å². The average molecular weight is 487 g/mol. The lowest BCUT2D eigenvalue weighted by Crippen LogP contribution is -2.40. The second-order valence-electron chi connectivity index (χ2n) is 8.63. The number of fused-ring (bicyclic) bond motifs is 2. The third kappa shape index (κ3) is 3.58. The van der Waals surface area contributed by atoms with Crippen LogP contribution in [0.1, 0.15) is 12.8 Å². The maximum atomic E-state index is 14.7. The van der Waals surface area contributed by atoms with Gasteiger partial charge in [0.05, 0.1) is 23.3 Å². The molecule has 6 rings (SSSR count). The van der Waals surface area contributed by atoms with E-state index in [-0.39, 0.29) is 11.7 Å². The van der Waals surface area contributed by atoms with E-state index in [1.165, 1.54) is 12.1 Å². The van der Waals surface area contributed by atoms with Crippen molar-refractivity contribution >= 4 is 39.8 Å². The van der Waals surface area contributed by atoms with Crippen LogP contribution in [0.5, 0.6) is 0 Å². The molecule has 10 heteroatoms. The Balaban J connectivity index is 1.63. The summed E-state index contributed by atoms with van der Waals surface area (Å²) < 4.78 is 16.7. The molecule has 4 heterocycles. The van der Waals surface area contributed by atoms with E-state index >= 15 is 0 Å². The maximum Gasteiger partial charge on any atom is 0.222 e. The fraction of sp³-hybridized carbons (Fsp3) is 0.200. The van der Waals surface area contributed by atoms with Gasteiger partial charge in [0.2, 0.25) is 11.6 Å². The highest BCUT2D eigenvalue weighted by molar-refractivity contribution is 6.34. The van der Waals surface area contributed by atoms with Crippen LogP contribution in [0.3, 0.4) is 0 Å². The zero-order chi connectivity index (χ0) is 24.1. The minimum Gasteiger partial charge on any atom is -0.342 e. The molecule has 0 bridgehead atoms. The van der Waals surface area contributed by atoms with Gasteiger partial charge >= 0.3 is 0 Å². The number of aromatic amines is 1. The molecule has 3 N–H and O–H groups in total. The van der Waals surface area contributed by atoms with Crippen molar-refractivity contribution in [1.82, 2.24) is 24.6 Å². The van der Waals surface area contributed by atoms with Crippen molar-refractivity contribution in [3.8, 4) is 22.4 Å². The SMILES string of the molecule is [C-]#[N+]c1ccc(-c2nc(N3CCC(N)CC3)n3ccnc3c2-c2ccc3n[nH]c(Cl)c3c2)cc1F. The van der Waals surface area contributed by atoms with Crippen molar-refractivity contribution in [2.24, 2.45) is 5.73 Å². The third-order valence-electron chi connectivity index (χ3n) is 6.49. The van der Waals surface area contributed by atoms with Crippen LogP contribution in [0.25, 0.3) is 43.8 Å². The predicted molar refractivity (Wildman–Crippen MR) is 134 cm³/mol. The number of H-pyrrole nitrogens is 1. The van der Waals surface area contributed by atoms with Gasteiger partial charge in [-0.3, -0.25) is 9.50 Å². The van der Waals surface area contributed by atoms with Crippen molar-refractivity contribution in [1.29, 1.82) is 0 Å². The number of rotatable bonds is 3. The summed E-state index contributed by atoms with van der Waals surface area (Å²) in [5, 5.41) is 8.21. The molecular weight excluding hydrogens is 467 g/mol. The van der Waals surface area contributed by atoms with Crippen LogP contribution in [-0.2, 0) is 0 Å². The average Bonchev–Trinajstić information content (AvgIpc) is 3.50. The molecule has 8 nitrogen and oxygen atoms in total. The number of anilines is 1. The van der Waals surface area contributed by atoms with E-state index in [4.69, 9.17) is 28.9 Å². The first-order chi connectivity index (χ1) is 17.0. The summed E-state index contributed by atoms with van der Waals surface area (Å²) in [5.74, 6) is 0.132. The van der Waals surface area contributed by atoms with Crippen LogP contribution < -0.4 is 10.6 Å². The number of hydrogen-bond donors (Lipinski definition) is 2. The van der Waals surface area contributed by atoms with Crippen molar-refractivity contribution in [3.63, 3.8) is 0 Å². The molecule has 0 spiro atoms. The molecule has 5 aromatic rings. The number of hydrogen-bond acceptors (Lipinski definition) is 5. The zero-order valence-corrected chi connectivity index (χ0v) is 19.3. The van der Waals surface area contributed by atoms with Gasteiger partial charge in [-0.2, -0.15) is 5.10 Å². The minimum atomic E-state index is -0.590. The van der Waals surface area contributed by atoms with E-state index in [0.717, 1.165) is 53.9 Å². The van der Waals surface area contributed by atoms with E-state index in [9.17, 15) is 4.39 Å². The third-order valence-corrected chi connectivity index (χ3v) is 6.78. The van der Waals surface area contributed by atoms with E-state index < -0.39 is 5.82 Å². The molecule has 3 aromatic heterocycles. The van der Waals surface area contributed by atoms with Crippen LogP contribution in [0.15, 0.2) is 48.8 Å². The van der Waals surface area contributed by atoms with E-state index in [1.807, 2.05) is 28.8 Å². The molecule has 0 aliphatic carbocycles. The molecule has 0 amide bonds. The normalized spacial score (nSPS) is 14.6. The Labute approximate surface area is 205 Å². The smallest absolute Gasteiger partial charge is 0.222 e. The summed E-state index contributed by atoms with van der Waals surface area (Å²) >= 11 is 6.33. The summed E-state index contributed by atoms with van der Waals surface area (Å²) in [7, 11) is 0. The molecule has 0 atom stereocenters. The molecule has 35 heavy (non-hydrogen) atoms. The van der Waals surface area contributed by atoms with Crippen LogP contribution in [-0.4, -0.2) is 43.7 Å². The van der Waals surface area contributed by atoms with E-state index in [2.05, 4.69) is 24.9 Å². The molecule has 0 unspecified atom stereocenters. The Bertz CT molecular complexity index is 1620. The number of benzene rings is 2. The van der Waals surface area contributed by atoms with Gasteiger partial charge in [0, 0.05) is 42.5 Å². The summed E-state index contributed by atoms with van der Waals surface area (Å²) in [6, 6.07) is 10.5. The van der Waals surface area contributed by atoms with Gasteiger partial charge < -0.3 is 10.6 Å². The fourth-order valence-corrected chi connectivity index (χ4v) is 4.84. The van der Waals surface area contributed by atoms with Gasteiger partial charge in [-0.1, -0.05) is 29.8 Å². The first-order valence-corrected chi connectivity index (χ1v) is 11.6. The molecule has 1 saturated heterocycles. The second-order valence-corrected chi connectivity index (χ2v) is 9.01. The van der Waals surface area contributed by atoms with Crippen LogP contribution >= 0.6 is 11.6 Å². The molecule has 1 aliphatic heterocycles. The Morgan fingerprint density at radius 3 is 2.71 bits per heavy atom. The summed E-state index contributed by atoms with van der Waals surface area (Å²) in [6.45, 7) is 8.74. The lowest BCUT2D eigenvalue weighted by Gasteiger charge is -2.32. The molecule has 2 aromatic carbocycles. The number of aromatic nitrogens is 5. The standard InChI is InChI=1S/C25H20ClFN8/c1-29-20-5-3-15(13-18(20)27)22-21(14-2-4-19-17(12-14)23(26)33-32-19)24-30-8-11-35(24)25(31-22)34-9-6-16(28)7-10-34/h2-5,8,11-13,16H,6-7,9-10,28H2,(H,32,33). The van der Waals surface area contributed by atoms with Crippen molar-refractivity contribution in [2.45, 2.75) is 18.9 Å². The molecule has 0 saturated carbocycles. The van der Waals surface area contributed by atoms with Crippen LogP contribution in [0.4, 0.5) is 16.0 Å². The highest BCUT2D eigenvalue weighted by Gasteiger charge is 2.25. The lowest BCUT2D eigenvalue weighted by molar-refractivity contribution is 0.494. The quantitative estimate of drug-likeness (QED) is 0.341. The molecule has 1 fully saturated rings. The molecule has 174 valence electrons. The second kappa shape index (κ2) is 8.34. The first-order valence-electron chi connectivity index (χ1n) is 11.2. The largest absolute Gasteiger partial charge is 0.342 e. The number of nitrogens with one attached hydrogen (secondary N) is 1. The maximum absolute atomic E-state index is 14.7. The number of imidazole rings is 1. The Kier molecular flexibility index (Phi) is 5.13. The Morgan fingerprint density at radius 2 is 1.94 bits per heavy atom. The zero-order valence-electron chi connectivity index (χ0n) is 18.5. The van der Waals surface area contributed by atoms with E-state index in [1.54, 1.807) is 12.3 Å². The van der Waals surface area contributed by atoms with Crippen molar-refractivity contribution < 1.29 is 4.39 Å². The minimum absolute atomic E-state index is 0.0333. The number of piperidine rings is 1. The predicted octanol–water partition coefficient (Wildman–Crippen LogP) is 5.21. The van der Waals surface area contributed by atoms with Gasteiger partial charge in [-0.05, 0) is 36.6 Å². The van der Waals surface area contributed by atoms with Gasteiger partial charge in [-0.15, -0.1) is 0 Å². The van der Waals surface area contributed by atoms with Crippen LogP contribution in [0, 0.1) is 12.4 Å². The Morgan fingerprint density at radius 1 is 1.14 bits per heavy atom. The van der Waals surface area contributed by atoms with Crippen molar-refractivity contribution in [3.05, 3.63) is 71.2 Å².